The van der Waals surface area contributed by atoms with Gasteiger partial charge in [0, 0.05) is 6.04 Å². The minimum Gasteiger partial charge on any atom is -0.395 e. The monoisotopic (exact) mass is 225 g/mol. The van der Waals surface area contributed by atoms with Gasteiger partial charge < -0.3 is 15.5 Å². The van der Waals surface area contributed by atoms with Gasteiger partial charge in [-0.1, -0.05) is 6.07 Å². The van der Waals surface area contributed by atoms with Gasteiger partial charge in [0.2, 0.25) is 0 Å². The van der Waals surface area contributed by atoms with E-state index >= 15 is 0 Å². The van der Waals surface area contributed by atoms with E-state index in [1.165, 1.54) is 12.1 Å². The first-order valence-electron chi connectivity index (χ1n) is 5.50. The van der Waals surface area contributed by atoms with Crippen molar-refractivity contribution in [2.75, 3.05) is 13.2 Å². The van der Waals surface area contributed by atoms with Crippen molar-refractivity contribution >= 4 is 0 Å². The van der Waals surface area contributed by atoms with Crippen LogP contribution in [0.15, 0.2) is 18.2 Å². The van der Waals surface area contributed by atoms with Gasteiger partial charge in [-0.3, -0.25) is 0 Å². The van der Waals surface area contributed by atoms with Crippen LogP contribution >= 0.6 is 0 Å². The minimum atomic E-state index is -0.334. The molecule has 0 amide bonds. The molecule has 4 heteroatoms. The highest BCUT2D eigenvalue weighted by Gasteiger charge is 2.24. The Bertz CT molecular complexity index is 366. The first-order valence-corrected chi connectivity index (χ1v) is 5.50. The Morgan fingerprint density at radius 3 is 2.81 bits per heavy atom. The fraction of sp³-hybridized carbons (Fsp3) is 0.500. The van der Waals surface area contributed by atoms with E-state index in [2.05, 4.69) is 5.32 Å². The van der Waals surface area contributed by atoms with Crippen LogP contribution in [0.1, 0.15) is 23.6 Å². The molecule has 0 saturated heterocycles. The zero-order valence-corrected chi connectivity index (χ0v) is 8.99. The summed E-state index contributed by atoms with van der Waals surface area (Å²) < 4.78 is 13.1. The third kappa shape index (κ3) is 2.24. The van der Waals surface area contributed by atoms with Crippen molar-refractivity contribution in [1.29, 1.82) is 0 Å². The number of aryl methyl sites for hydroxylation is 1. The van der Waals surface area contributed by atoms with Gasteiger partial charge in [0.05, 0.1) is 19.3 Å². The summed E-state index contributed by atoms with van der Waals surface area (Å²) in [5.74, 6) is -0.239. The normalized spacial score (nSPS) is 19.1. The summed E-state index contributed by atoms with van der Waals surface area (Å²) in [7, 11) is 0. The van der Waals surface area contributed by atoms with Crippen molar-refractivity contribution in [3.05, 3.63) is 35.1 Å². The van der Waals surface area contributed by atoms with Crippen LogP contribution in [0.4, 0.5) is 4.39 Å². The molecule has 1 aromatic rings. The molecule has 1 atom stereocenters. The number of benzene rings is 1. The topological polar surface area (TPSA) is 52.5 Å². The van der Waals surface area contributed by atoms with Crippen molar-refractivity contribution in [1.82, 2.24) is 5.32 Å². The standard InChI is InChI=1S/C12H16FNO2/c13-9-3-1-8-2-4-12(11(8)5-9)14-10(6-15)7-16/h1,3,5,10,12,14-16H,2,4,6-7H2. The van der Waals surface area contributed by atoms with E-state index in [4.69, 9.17) is 10.2 Å². The summed E-state index contributed by atoms with van der Waals surface area (Å²) in [6.07, 6.45) is 1.80. The Morgan fingerprint density at radius 2 is 2.12 bits per heavy atom. The van der Waals surface area contributed by atoms with Gasteiger partial charge in [-0.15, -0.1) is 0 Å². The first-order chi connectivity index (χ1) is 7.74. The number of hydrogen-bond donors (Lipinski definition) is 3. The van der Waals surface area contributed by atoms with Crippen LogP contribution in [0.3, 0.4) is 0 Å². The van der Waals surface area contributed by atoms with E-state index in [9.17, 15) is 4.39 Å². The maximum atomic E-state index is 13.1. The van der Waals surface area contributed by atoms with Crippen molar-refractivity contribution in [3.8, 4) is 0 Å². The van der Waals surface area contributed by atoms with Crippen LogP contribution in [0.5, 0.6) is 0 Å². The molecule has 0 aromatic heterocycles. The van der Waals surface area contributed by atoms with Gasteiger partial charge in [-0.25, -0.2) is 4.39 Å². The summed E-state index contributed by atoms with van der Waals surface area (Å²) in [6.45, 7) is -0.227. The average molecular weight is 225 g/mol. The third-order valence-corrected chi connectivity index (χ3v) is 3.06. The molecule has 0 bridgehead atoms. The SMILES string of the molecule is OCC(CO)NC1CCc2ccc(F)cc21. The summed E-state index contributed by atoms with van der Waals surface area (Å²) in [5, 5.41) is 21.1. The lowest BCUT2D eigenvalue weighted by molar-refractivity contribution is 0.162. The Balaban J connectivity index is 2.13. The molecule has 1 unspecified atom stereocenters. The van der Waals surface area contributed by atoms with Gasteiger partial charge in [-0.05, 0) is 36.1 Å². The molecule has 3 N–H and O–H groups in total. The summed E-state index contributed by atoms with van der Waals surface area (Å²) in [5.41, 5.74) is 2.10. The molecule has 16 heavy (non-hydrogen) atoms. The van der Waals surface area contributed by atoms with Crippen molar-refractivity contribution in [2.24, 2.45) is 0 Å². The highest BCUT2D eigenvalue weighted by molar-refractivity contribution is 5.35. The fourth-order valence-corrected chi connectivity index (χ4v) is 2.19. The Morgan fingerprint density at radius 1 is 1.38 bits per heavy atom. The van der Waals surface area contributed by atoms with Gasteiger partial charge in [0.15, 0.2) is 0 Å². The Kier molecular flexibility index (Phi) is 3.53. The molecule has 0 heterocycles. The second kappa shape index (κ2) is 4.91. The lowest BCUT2D eigenvalue weighted by Crippen LogP contribution is -2.37. The highest BCUT2D eigenvalue weighted by Crippen LogP contribution is 2.31. The number of aliphatic hydroxyl groups excluding tert-OH is 2. The lowest BCUT2D eigenvalue weighted by atomic mass is 10.1. The quantitative estimate of drug-likeness (QED) is 0.709. The molecule has 1 aliphatic carbocycles. The second-order valence-electron chi connectivity index (χ2n) is 4.16. The molecule has 0 fully saturated rings. The minimum absolute atomic E-state index is 0.0370. The molecule has 0 aliphatic heterocycles. The molecule has 88 valence electrons. The van der Waals surface area contributed by atoms with E-state index in [0.717, 1.165) is 24.0 Å². The molecule has 0 radical (unpaired) electrons. The Hall–Kier alpha value is -0.970. The molecule has 1 aliphatic rings. The second-order valence-corrected chi connectivity index (χ2v) is 4.16. The number of aliphatic hydroxyl groups is 2. The highest BCUT2D eigenvalue weighted by atomic mass is 19.1. The van der Waals surface area contributed by atoms with Gasteiger partial charge >= 0.3 is 0 Å². The van der Waals surface area contributed by atoms with E-state index in [-0.39, 0.29) is 31.1 Å². The van der Waals surface area contributed by atoms with Crippen LogP contribution < -0.4 is 5.32 Å². The number of halogens is 1. The zero-order valence-electron chi connectivity index (χ0n) is 8.99. The van der Waals surface area contributed by atoms with E-state index in [0.29, 0.717) is 0 Å². The first kappa shape index (κ1) is 11.5. The average Bonchev–Trinajstić information content (AvgIpc) is 2.68. The van der Waals surface area contributed by atoms with Gasteiger partial charge in [-0.2, -0.15) is 0 Å². The molecular formula is C12H16FNO2. The summed E-state index contributed by atoms with van der Waals surface area (Å²) in [6, 6.07) is 4.51. The maximum Gasteiger partial charge on any atom is 0.123 e. The van der Waals surface area contributed by atoms with Crippen molar-refractivity contribution < 1.29 is 14.6 Å². The van der Waals surface area contributed by atoms with E-state index in [1.54, 1.807) is 6.07 Å². The van der Waals surface area contributed by atoms with Crippen LogP contribution in [-0.2, 0) is 6.42 Å². The van der Waals surface area contributed by atoms with Crippen molar-refractivity contribution in [3.63, 3.8) is 0 Å². The predicted molar refractivity (Wildman–Crippen MR) is 58.6 cm³/mol. The lowest BCUT2D eigenvalue weighted by Gasteiger charge is -2.20. The third-order valence-electron chi connectivity index (χ3n) is 3.06. The van der Waals surface area contributed by atoms with E-state index < -0.39 is 0 Å². The van der Waals surface area contributed by atoms with Gasteiger partial charge in [0.1, 0.15) is 5.82 Å². The van der Waals surface area contributed by atoms with E-state index in [1.807, 2.05) is 0 Å². The van der Waals surface area contributed by atoms with Crippen molar-refractivity contribution in [2.45, 2.75) is 24.9 Å². The molecule has 0 saturated carbocycles. The smallest absolute Gasteiger partial charge is 0.123 e. The Labute approximate surface area is 93.9 Å². The number of nitrogens with one attached hydrogen (secondary N) is 1. The van der Waals surface area contributed by atoms with Crippen LogP contribution in [0, 0.1) is 5.82 Å². The fourth-order valence-electron chi connectivity index (χ4n) is 2.19. The molecule has 1 aromatic carbocycles. The molecular weight excluding hydrogens is 209 g/mol. The van der Waals surface area contributed by atoms with Gasteiger partial charge in [0.25, 0.3) is 0 Å². The number of rotatable bonds is 4. The molecule has 0 spiro atoms. The molecule has 2 rings (SSSR count). The summed E-state index contributed by atoms with van der Waals surface area (Å²) in [4.78, 5) is 0. The largest absolute Gasteiger partial charge is 0.395 e. The van der Waals surface area contributed by atoms with Crippen LogP contribution in [-0.4, -0.2) is 29.5 Å². The maximum absolute atomic E-state index is 13.1. The summed E-state index contributed by atoms with van der Waals surface area (Å²) >= 11 is 0. The van der Waals surface area contributed by atoms with Crippen LogP contribution in [0.25, 0.3) is 0 Å². The zero-order chi connectivity index (χ0) is 11.5. The molecule has 3 nitrogen and oxygen atoms in total. The number of fused-ring (bicyclic) bond motifs is 1. The predicted octanol–water partition coefficient (Wildman–Crippen LogP) is 0.756. The number of hydrogen-bond acceptors (Lipinski definition) is 3. The van der Waals surface area contributed by atoms with Crippen LogP contribution in [0.2, 0.25) is 0 Å².